The Morgan fingerprint density at radius 1 is 1.41 bits per heavy atom. The topological polar surface area (TPSA) is 79.2 Å². The molecule has 0 aliphatic rings. The van der Waals surface area contributed by atoms with Crippen LogP contribution in [0.1, 0.15) is 18.1 Å². The maximum atomic E-state index is 13.0. The molecule has 0 aliphatic heterocycles. The molecule has 0 saturated heterocycles. The van der Waals surface area contributed by atoms with Crippen LogP contribution in [0.2, 0.25) is 0 Å². The van der Waals surface area contributed by atoms with Crippen molar-refractivity contribution in [2.45, 2.75) is 19.1 Å². The van der Waals surface area contributed by atoms with E-state index in [1.54, 1.807) is 18.6 Å². The number of halogens is 1. The molecule has 1 heterocycles. The van der Waals surface area contributed by atoms with Gasteiger partial charge in [0.2, 0.25) is 0 Å². The fourth-order valence-electron chi connectivity index (χ4n) is 1.97. The normalized spacial score (nSPS) is 11.9. The van der Waals surface area contributed by atoms with E-state index in [1.807, 2.05) is 10.8 Å². The summed E-state index contributed by atoms with van der Waals surface area (Å²) < 4.78 is 15.0. The SMILES string of the molecule is O=C(NCCCn1ccnc1)NC[C@@H](O)c1cccc(F)c1. The molecule has 0 radical (unpaired) electrons. The average Bonchev–Trinajstić information content (AvgIpc) is 3.02. The molecular weight excluding hydrogens is 287 g/mol. The van der Waals surface area contributed by atoms with E-state index in [1.165, 1.54) is 18.2 Å². The zero-order chi connectivity index (χ0) is 15.8. The van der Waals surface area contributed by atoms with E-state index < -0.39 is 11.9 Å². The molecule has 0 saturated carbocycles. The van der Waals surface area contributed by atoms with Gasteiger partial charge in [-0.15, -0.1) is 0 Å². The number of imidazole rings is 1. The van der Waals surface area contributed by atoms with Gasteiger partial charge in [0.15, 0.2) is 0 Å². The lowest BCUT2D eigenvalue weighted by molar-refractivity contribution is 0.172. The summed E-state index contributed by atoms with van der Waals surface area (Å²) in [5.41, 5.74) is 0.431. The van der Waals surface area contributed by atoms with Crippen LogP contribution in [0.5, 0.6) is 0 Å². The number of rotatable bonds is 7. The van der Waals surface area contributed by atoms with Crippen LogP contribution in [-0.2, 0) is 6.54 Å². The Morgan fingerprint density at radius 3 is 3.00 bits per heavy atom. The van der Waals surface area contributed by atoms with Gasteiger partial charge in [-0.25, -0.2) is 14.2 Å². The van der Waals surface area contributed by atoms with Crippen LogP contribution in [0.15, 0.2) is 43.0 Å². The second-order valence-corrected chi connectivity index (χ2v) is 4.86. The summed E-state index contributed by atoms with van der Waals surface area (Å²) in [4.78, 5) is 15.5. The number of hydrogen-bond acceptors (Lipinski definition) is 3. The van der Waals surface area contributed by atoms with Gasteiger partial charge in [0, 0.05) is 32.0 Å². The maximum Gasteiger partial charge on any atom is 0.314 e. The Balaban J connectivity index is 1.62. The van der Waals surface area contributed by atoms with Crippen molar-refractivity contribution in [3.05, 3.63) is 54.4 Å². The van der Waals surface area contributed by atoms with Crippen molar-refractivity contribution in [2.75, 3.05) is 13.1 Å². The van der Waals surface area contributed by atoms with Crippen molar-refractivity contribution >= 4 is 6.03 Å². The predicted octanol–water partition coefficient (Wildman–Crippen LogP) is 1.45. The van der Waals surface area contributed by atoms with Crippen LogP contribution < -0.4 is 10.6 Å². The molecule has 118 valence electrons. The van der Waals surface area contributed by atoms with Gasteiger partial charge in [0.25, 0.3) is 0 Å². The highest BCUT2D eigenvalue weighted by atomic mass is 19.1. The van der Waals surface area contributed by atoms with Crippen LogP contribution in [0, 0.1) is 5.82 Å². The molecule has 7 heteroatoms. The highest BCUT2D eigenvalue weighted by Gasteiger charge is 2.09. The van der Waals surface area contributed by atoms with Gasteiger partial charge in [0.1, 0.15) is 5.82 Å². The second kappa shape index (κ2) is 8.14. The van der Waals surface area contributed by atoms with Crippen LogP contribution in [0.4, 0.5) is 9.18 Å². The molecule has 6 nitrogen and oxygen atoms in total. The lowest BCUT2D eigenvalue weighted by Gasteiger charge is -2.13. The number of amides is 2. The van der Waals surface area contributed by atoms with Crippen molar-refractivity contribution in [2.24, 2.45) is 0 Å². The van der Waals surface area contributed by atoms with Crippen molar-refractivity contribution in [1.82, 2.24) is 20.2 Å². The Hall–Kier alpha value is -2.41. The number of carbonyl (C=O) groups excluding carboxylic acids is 1. The molecule has 2 rings (SSSR count). The summed E-state index contributed by atoms with van der Waals surface area (Å²) in [6.45, 7) is 1.31. The molecule has 1 atom stereocenters. The fourth-order valence-corrected chi connectivity index (χ4v) is 1.97. The third-order valence-electron chi connectivity index (χ3n) is 3.13. The molecule has 22 heavy (non-hydrogen) atoms. The second-order valence-electron chi connectivity index (χ2n) is 4.86. The fraction of sp³-hybridized carbons (Fsp3) is 0.333. The molecule has 2 aromatic rings. The summed E-state index contributed by atoms with van der Waals surface area (Å²) in [5.74, 6) is -0.416. The summed E-state index contributed by atoms with van der Waals surface area (Å²) in [6, 6.07) is 5.32. The lowest BCUT2D eigenvalue weighted by atomic mass is 10.1. The Labute approximate surface area is 128 Å². The summed E-state index contributed by atoms with van der Waals surface area (Å²) in [5, 5.41) is 15.1. The number of benzene rings is 1. The van der Waals surface area contributed by atoms with Gasteiger partial charge >= 0.3 is 6.03 Å². The zero-order valence-corrected chi connectivity index (χ0v) is 12.1. The van der Waals surface area contributed by atoms with Crippen LogP contribution in [0.25, 0.3) is 0 Å². The first kappa shape index (κ1) is 16.0. The highest BCUT2D eigenvalue weighted by molar-refractivity contribution is 5.73. The van der Waals surface area contributed by atoms with Gasteiger partial charge in [-0.05, 0) is 24.1 Å². The van der Waals surface area contributed by atoms with E-state index in [2.05, 4.69) is 15.6 Å². The molecule has 0 aliphatic carbocycles. The molecule has 0 fully saturated rings. The minimum Gasteiger partial charge on any atom is -0.387 e. The van der Waals surface area contributed by atoms with E-state index >= 15 is 0 Å². The zero-order valence-electron chi connectivity index (χ0n) is 12.1. The van der Waals surface area contributed by atoms with Crippen LogP contribution >= 0.6 is 0 Å². The van der Waals surface area contributed by atoms with Gasteiger partial charge in [-0.3, -0.25) is 0 Å². The quantitative estimate of drug-likeness (QED) is 0.677. The van der Waals surface area contributed by atoms with Gasteiger partial charge in [-0.2, -0.15) is 0 Å². The van der Waals surface area contributed by atoms with E-state index in [0.29, 0.717) is 12.1 Å². The molecule has 1 aromatic carbocycles. The van der Waals surface area contributed by atoms with E-state index in [0.717, 1.165) is 13.0 Å². The molecule has 0 bridgehead atoms. The number of aryl methyl sites for hydroxylation is 1. The third kappa shape index (κ3) is 5.17. The predicted molar refractivity (Wildman–Crippen MR) is 79.6 cm³/mol. The smallest absolute Gasteiger partial charge is 0.314 e. The number of nitrogens with zero attached hydrogens (tertiary/aromatic N) is 2. The Bertz CT molecular complexity index is 589. The number of carbonyl (C=O) groups is 1. The number of aromatic nitrogens is 2. The van der Waals surface area contributed by atoms with Crippen LogP contribution in [0.3, 0.4) is 0 Å². The maximum absolute atomic E-state index is 13.0. The molecule has 0 unspecified atom stereocenters. The lowest BCUT2D eigenvalue weighted by Crippen LogP contribution is -2.38. The molecular formula is C15H19FN4O2. The van der Waals surface area contributed by atoms with E-state index in [9.17, 15) is 14.3 Å². The molecule has 3 N–H and O–H groups in total. The Kier molecular flexibility index (Phi) is 5.91. The van der Waals surface area contributed by atoms with Gasteiger partial charge in [0.05, 0.1) is 12.4 Å². The molecule has 0 spiro atoms. The van der Waals surface area contributed by atoms with Crippen molar-refractivity contribution in [3.63, 3.8) is 0 Å². The molecule has 1 aromatic heterocycles. The van der Waals surface area contributed by atoms with Crippen molar-refractivity contribution in [1.29, 1.82) is 0 Å². The number of aliphatic hydroxyl groups excluding tert-OH is 1. The molecule has 2 amide bonds. The van der Waals surface area contributed by atoms with Crippen LogP contribution in [-0.4, -0.2) is 33.8 Å². The van der Waals surface area contributed by atoms with E-state index in [-0.39, 0.29) is 12.6 Å². The van der Waals surface area contributed by atoms with E-state index in [4.69, 9.17) is 0 Å². The number of hydrogen-bond donors (Lipinski definition) is 3. The first-order chi connectivity index (χ1) is 10.6. The number of aliphatic hydroxyl groups is 1. The standard InChI is InChI=1S/C15H19FN4O2/c16-13-4-1-3-12(9-13)14(21)10-19-15(22)18-5-2-7-20-8-6-17-11-20/h1,3-4,6,8-9,11,14,21H,2,5,7,10H2,(H2,18,19,22)/t14-/m1/s1. The minimum absolute atomic E-state index is 0.0246. The largest absolute Gasteiger partial charge is 0.387 e. The Morgan fingerprint density at radius 2 is 2.27 bits per heavy atom. The first-order valence-corrected chi connectivity index (χ1v) is 7.06. The van der Waals surface area contributed by atoms with Crippen molar-refractivity contribution in [3.8, 4) is 0 Å². The summed E-state index contributed by atoms with van der Waals surface area (Å²) in [6.07, 6.45) is 5.11. The summed E-state index contributed by atoms with van der Waals surface area (Å²) in [7, 11) is 0. The van der Waals surface area contributed by atoms with Gasteiger partial charge in [-0.1, -0.05) is 12.1 Å². The third-order valence-corrected chi connectivity index (χ3v) is 3.13. The minimum atomic E-state index is -0.938. The summed E-state index contributed by atoms with van der Waals surface area (Å²) >= 11 is 0. The average molecular weight is 306 g/mol. The highest BCUT2D eigenvalue weighted by Crippen LogP contribution is 2.12. The number of nitrogens with one attached hydrogen (secondary N) is 2. The van der Waals surface area contributed by atoms with Crippen molar-refractivity contribution < 1.29 is 14.3 Å². The monoisotopic (exact) mass is 306 g/mol. The first-order valence-electron chi connectivity index (χ1n) is 7.06. The number of urea groups is 1. The van der Waals surface area contributed by atoms with Gasteiger partial charge < -0.3 is 20.3 Å².